The summed E-state index contributed by atoms with van der Waals surface area (Å²) in [5, 5.41) is 0.960. The number of aryl methyl sites for hydroxylation is 1. The summed E-state index contributed by atoms with van der Waals surface area (Å²) >= 11 is 1.51. The summed E-state index contributed by atoms with van der Waals surface area (Å²) < 4.78 is 29.6. The molecule has 1 aromatic heterocycles. The predicted octanol–water partition coefficient (Wildman–Crippen LogP) is 9.57. The van der Waals surface area contributed by atoms with Crippen LogP contribution >= 0.6 is 11.3 Å². The first kappa shape index (κ1) is 26.2. The predicted molar refractivity (Wildman–Crippen MR) is 164 cm³/mol. The lowest BCUT2D eigenvalue weighted by Crippen LogP contribution is -2.29. The first-order chi connectivity index (χ1) is 20.1. The van der Waals surface area contributed by atoms with Gasteiger partial charge in [0.1, 0.15) is 16.6 Å². The van der Waals surface area contributed by atoms with Gasteiger partial charge in [-0.1, -0.05) is 61.9 Å². The number of carbonyl (C=O) groups excluding carboxylic acids is 2. The topological polar surface area (TPSA) is 37.4 Å². The number of allylic oxidation sites excluding steroid dienone is 1. The van der Waals surface area contributed by atoms with Crippen LogP contribution in [-0.4, -0.2) is 11.6 Å². The maximum absolute atomic E-state index is 14.8. The number of carbonyl (C=O) groups is 2. The largest absolute Gasteiger partial charge is 0.301 e. The van der Waals surface area contributed by atoms with Gasteiger partial charge in [-0.05, 0) is 78.2 Å². The van der Waals surface area contributed by atoms with Gasteiger partial charge in [-0.15, -0.1) is 11.3 Å². The van der Waals surface area contributed by atoms with Crippen molar-refractivity contribution in [2.45, 2.75) is 26.2 Å². The van der Waals surface area contributed by atoms with Crippen molar-refractivity contribution in [2.24, 2.45) is 0 Å². The average Bonchev–Trinajstić information content (AvgIpc) is 3.49. The number of benzene rings is 4. The molecule has 0 radical (unpaired) electrons. The number of halogens is 2. The van der Waals surface area contributed by atoms with Crippen LogP contribution in [-0.2, 0) is 5.41 Å². The second-order valence-electron chi connectivity index (χ2n) is 11.3. The highest BCUT2D eigenvalue weighted by atomic mass is 32.1. The van der Waals surface area contributed by atoms with Gasteiger partial charge in [0, 0.05) is 27.1 Å². The fourth-order valence-electron chi connectivity index (χ4n) is 6.04. The van der Waals surface area contributed by atoms with E-state index in [-0.39, 0.29) is 22.7 Å². The van der Waals surface area contributed by atoms with Crippen LogP contribution in [0.3, 0.4) is 0 Å². The molecule has 2 heterocycles. The Morgan fingerprint density at radius 3 is 2.21 bits per heavy atom. The minimum absolute atomic E-state index is 0.0584. The Labute approximate surface area is 246 Å². The van der Waals surface area contributed by atoms with E-state index in [0.717, 1.165) is 37.9 Å². The summed E-state index contributed by atoms with van der Waals surface area (Å²) in [5.74, 6) is -1.75. The lowest BCUT2D eigenvalue weighted by molar-refractivity contribution is 0.0990. The third kappa shape index (κ3) is 3.90. The van der Waals surface area contributed by atoms with E-state index >= 15 is 0 Å². The fourth-order valence-corrected chi connectivity index (χ4v) is 7.34. The van der Waals surface area contributed by atoms with Crippen molar-refractivity contribution in [2.75, 3.05) is 4.90 Å². The molecule has 7 rings (SSSR count). The summed E-state index contributed by atoms with van der Waals surface area (Å²) in [5.41, 5.74) is 5.55. The Bertz CT molecular complexity index is 1970. The summed E-state index contributed by atoms with van der Waals surface area (Å²) in [6.07, 6.45) is 1.70. The molecule has 0 saturated heterocycles. The molecule has 3 nitrogen and oxygen atoms in total. The minimum atomic E-state index is -0.615. The maximum Gasteiger partial charge on any atom is 0.197 e. The SMILES string of the molecule is Cc1ccc2c(c1)C(=O)/C(=C/c1cc3c(s1)N(c1ccccc1)c1ccc(-c4c(F)cccc4F)cc1C3(C)C)C2=O. The lowest BCUT2D eigenvalue weighted by atomic mass is 9.74. The number of hydrogen-bond acceptors (Lipinski definition) is 4. The van der Waals surface area contributed by atoms with Gasteiger partial charge in [0.25, 0.3) is 0 Å². The van der Waals surface area contributed by atoms with Gasteiger partial charge in [0.2, 0.25) is 0 Å². The van der Waals surface area contributed by atoms with Crippen LogP contribution in [0, 0.1) is 18.6 Å². The highest BCUT2D eigenvalue weighted by Gasteiger charge is 2.40. The van der Waals surface area contributed by atoms with Crippen LogP contribution < -0.4 is 4.90 Å². The van der Waals surface area contributed by atoms with E-state index in [1.807, 2.05) is 61.5 Å². The van der Waals surface area contributed by atoms with Crippen LogP contribution in [0.4, 0.5) is 25.2 Å². The van der Waals surface area contributed by atoms with E-state index in [0.29, 0.717) is 16.7 Å². The number of fused-ring (bicyclic) bond motifs is 3. The monoisotopic (exact) mass is 573 g/mol. The van der Waals surface area contributed by atoms with E-state index in [1.54, 1.807) is 24.3 Å². The number of anilines is 3. The molecule has 1 aliphatic carbocycles. The van der Waals surface area contributed by atoms with Crippen LogP contribution in [0.25, 0.3) is 17.2 Å². The summed E-state index contributed by atoms with van der Waals surface area (Å²) in [7, 11) is 0. The zero-order valence-corrected chi connectivity index (χ0v) is 24.0. The molecule has 0 unspecified atom stereocenters. The molecule has 2 aliphatic rings. The van der Waals surface area contributed by atoms with E-state index in [1.165, 1.54) is 29.5 Å². The zero-order chi connectivity index (χ0) is 29.3. The number of ketones is 2. The highest BCUT2D eigenvalue weighted by molar-refractivity contribution is 7.17. The quantitative estimate of drug-likeness (QED) is 0.159. The summed E-state index contributed by atoms with van der Waals surface area (Å²) in [6, 6.07) is 26.7. The van der Waals surface area contributed by atoms with Gasteiger partial charge in [0.05, 0.1) is 16.8 Å². The van der Waals surface area contributed by atoms with Gasteiger partial charge in [0.15, 0.2) is 11.6 Å². The Hall–Kier alpha value is -4.68. The van der Waals surface area contributed by atoms with Gasteiger partial charge < -0.3 is 4.90 Å². The van der Waals surface area contributed by atoms with Crippen molar-refractivity contribution in [3.63, 3.8) is 0 Å². The van der Waals surface area contributed by atoms with Crippen LogP contribution in [0.2, 0.25) is 0 Å². The molecule has 0 N–H and O–H groups in total. The number of Topliss-reactive ketones (excluding diaryl/α,β-unsaturated/α-hetero) is 2. The normalized spacial score (nSPS) is 16.0. The Morgan fingerprint density at radius 2 is 1.48 bits per heavy atom. The number of para-hydroxylation sites is 1. The third-order valence-electron chi connectivity index (χ3n) is 8.22. The molecule has 0 bridgehead atoms. The zero-order valence-electron chi connectivity index (χ0n) is 23.2. The number of hydrogen-bond donors (Lipinski definition) is 0. The van der Waals surface area contributed by atoms with Crippen molar-refractivity contribution in [3.8, 4) is 11.1 Å². The second-order valence-corrected chi connectivity index (χ2v) is 12.3. The summed E-state index contributed by atoms with van der Waals surface area (Å²) in [6.45, 7) is 6.07. The smallest absolute Gasteiger partial charge is 0.197 e. The first-order valence-corrected chi connectivity index (χ1v) is 14.5. The molecule has 1 aliphatic heterocycles. The van der Waals surface area contributed by atoms with Crippen molar-refractivity contribution in [1.29, 1.82) is 0 Å². The van der Waals surface area contributed by atoms with Gasteiger partial charge >= 0.3 is 0 Å². The van der Waals surface area contributed by atoms with Crippen molar-refractivity contribution in [3.05, 3.63) is 141 Å². The molecule has 4 aromatic carbocycles. The molecule has 0 fully saturated rings. The standard InChI is InChI=1S/C36H25F2NO2S/c1-20-12-14-24-25(16-20)34(41)26(33(24)40)18-23-19-28-35(42-23)39(22-8-5-4-6-9-22)31-15-13-21(17-27(31)36(28,2)3)32-29(37)10-7-11-30(32)38/h4-19H,1-3H3/b26-18+. The van der Waals surface area contributed by atoms with Crippen molar-refractivity contribution >= 4 is 45.4 Å². The fraction of sp³-hybridized carbons (Fsp3) is 0.111. The molecule has 6 heteroatoms. The van der Waals surface area contributed by atoms with Crippen molar-refractivity contribution in [1.82, 2.24) is 0 Å². The molecule has 0 amide bonds. The lowest BCUT2D eigenvalue weighted by Gasteiger charge is -2.40. The molecule has 206 valence electrons. The van der Waals surface area contributed by atoms with Crippen LogP contribution in [0.5, 0.6) is 0 Å². The molecular weight excluding hydrogens is 548 g/mol. The number of rotatable bonds is 3. The maximum atomic E-state index is 14.8. The molecule has 0 spiro atoms. The van der Waals surface area contributed by atoms with E-state index < -0.39 is 17.0 Å². The third-order valence-corrected chi connectivity index (χ3v) is 9.29. The number of nitrogens with zero attached hydrogens (tertiary/aromatic N) is 1. The molecule has 0 atom stereocenters. The summed E-state index contributed by atoms with van der Waals surface area (Å²) in [4.78, 5) is 29.4. The molecule has 5 aromatic rings. The van der Waals surface area contributed by atoms with E-state index in [2.05, 4.69) is 18.7 Å². The minimum Gasteiger partial charge on any atom is -0.301 e. The van der Waals surface area contributed by atoms with Gasteiger partial charge in [-0.25, -0.2) is 8.78 Å². The van der Waals surface area contributed by atoms with E-state index in [4.69, 9.17) is 0 Å². The van der Waals surface area contributed by atoms with Gasteiger partial charge in [-0.2, -0.15) is 0 Å². The Balaban J connectivity index is 1.41. The van der Waals surface area contributed by atoms with Gasteiger partial charge in [-0.3, -0.25) is 9.59 Å². The molecule has 42 heavy (non-hydrogen) atoms. The average molecular weight is 574 g/mol. The number of thiophene rings is 1. The Morgan fingerprint density at radius 1 is 0.762 bits per heavy atom. The molecular formula is C36H25F2NO2S. The Kier molecular flexibility index (Phi) is 5.89. The second kappa shape index (κ2) is 9.43. The van der Waals surface area contributed by atoms with E-state index in [9.17, 15) is 18.4 Å². The highest BCUT2D eigenvalue weighted by Crippen LogP contribution is 2.56. The van der Waals surface area contributed by atoms with Crippen molar-refractivity contribution < 1.29 is 18.4 Å². The first-order valence-electron chi connectivity index (χ1n) is 13.7. The van der Waals surface area contributed by atoms with Crippen LogP contribution in [0.1, 0.15) is 56.1 Å². The van der Waals surface area contributed by atoms with Crippen LogP contribution in [0.15, 0.2) is 96.6 Å². The molecule has 0 saturated carbocycles.